The number of aryl methyl sites for hydroxylation is 1. The van der Waals surface area contributed by atoms with Crippen LogP contribution in [0.5, 0.6) is 0 Å². The summed E-state index contributed by atoms with van der Waals surface area (Å²) in [6.45, 7) is 8.63. The van der Waals surface area contributed by atoms with E-state index in [2.05, 4.69) is 26.8 Å². The first-order valence-electron chi connectivity index (χ1n) is 7.22. The van der Waals surface area contributed by atoms with Gasteiger partial charge in [-0.25, -0.2) is 4.39 Å². The lowest BCUT2D eigenvalue weighted by molar-refractivity contribution is 0.207. The minimum absolute atomic E-state index is 0.0700. The topological polar surface area (TPSA) is 0 Å². The Hall–Kier alpha value is -0.560. The second-order valence-corrected chi connectivity index (χ2v) is 7.34. The average molecular weight is 283 g/mol. The predicted molar refractivity (Wildman–Crippen MR) is 80.3 cm³/mol. The van der Waals surface area contributed by atoms with E-state index in [4.69, 9.17) is 11.6 Å². The summed E-state index contributed by atoms with van der Waals surface area (Å²) >= 11 is 6.60. The van der Waals surface area contributed by atoms with E-state index >= 15 is 0 Å². The zero-order valence-corrected chi connectivity index (χ0v) is 13.1. The van der Waals surface area contributed by atoms with Crippen molar-refractivity contribution >= 4 is 11.6 Å². The van der Waals surface area contributed by atoms with Crippen molar-refractivity contribution in [3.8, 4) is 0 Å². The number of hydrogen-bond acceptors (Lipinski definition) is 0. The fourth-order valence-corrected chi connectivity index (χ4v) is 4.19. The molecule has 1 aliphatic rings. The molecule has 0 amide bonds. The molecule has 2 rings (SSSR count). The number of rotatable bonds is 2. The highest BCUT2D eigenvalue weighted by molar-refractivity contribution is 6.20. The van der Waals surface area contributed by atoms with Crippen LogP contribution in [0, 0.1) is 24.6 Å². The molecule has 0 aliphatic heterocycles. The highest BCUT2D eigenvalue weighted by Gasteiger charge is 2.39. The Balaban J connectivity index is 2.30. The lowest BCUT2D eigenvalue weighted by Gasteiger charge is -2.42. The quantitative estimate of drug-likeness (QED) is 0.632. The Morgan fingerprint density at radius 2 is 1.89 bits per heavy atom. The van der Waals surface area contributed by atoms with E-state index in [-0.39, 0.29) is 16.6 Å². The second kappa shape index (κ2) is 5.44. The van der Waals surface area contributed by atoms with Gasteiger partial charge in [-0.3, -0.25) is 0 Å². The molecule has 1 aliphatic carbocycles. The van der Waals surface area contributed by atoms with E-state index in [1.54, 1.807) is 12.1 Å². The van der Waals surface area contributed by atoms with Gasteiger partial charge in [-0.2, -0.15) is 0 Å². The Morgan fingerprint density at radius 3 is 2.47 bits per heavy atom. The van der Waals surface area contributed by atoms with Crippen LogP contribution in [-0.4, -0.2) is 5.38 Å². The highest BCUT2D eigenvalue weighted by atomic mass is 35.5. The van der Waals surface area contributed by atoms with Crippen LogP contribution < -0.4 is 0 Å². The normalized spacial score (nSPS) is 28.4. The van der Waals surface area contributed by atoms with Crippen molar-refractivity contribution in [3.05, 3.63) is 35.1 Å². The minimum Gasteiger partial charge on any atom is -0.207 e. The molecule has 0 saturated heterocycles. The molecule has 0 spiro atoms. The third kappa shape index (κ3) is 3.13. The summed E-state index contributed by atoms with van der Waals surface area (Å²) in [6, 6.07) is 5.36. The molecule has 1 aromatic carbocycles. The van der Waals surface area contributed by atoms with E-state index in [0.717, 1.165) is 24.0 Å². The van der Waals surface area contributed by atoms with Gasteiger partial charge >= 0.3 is 0 Å². The van der Waals surface area contributed by atoms with Gasteiger partial charge in [0.15, 0.2) is 0 Å². The molecule has 19 heavy (non-hydrogen) atoms. The maximum atomic E-state index is 13.7. The summed E-state index contributed by atoms with van der Waals surface area (Å²) in [5.41, 5.74) is 1.99. The van der Waals surface area contributed by atoms with Gasteiger partial charge in [0.05, 0.1) is 0 Å². The van der Waals surface area contributed by atoms with Crippen LogP contribution in [0.25, 0.3) is 0 Å². The molecule has 0 heterocycles. The lowest BCUT2D eigenvalue weighted by atomic mass is 9.65. The van der Waals surface area contributed by atoms with E-state index < -0.39 is 0 Å². The van der Waals surface area contributed by atoms with Crippen LogP contribution in [0.4, 0.5) is 4.39 Å². The standard InChI is InChI=1S/C17H24ClF/c1-11-5-6-15(16(18)9-11)17(3,4)13-7-12(2)8-14(19)10-13/h7-8,10-11,15-16H,5-6,9H2,1-4H3. The minimum atomic E-state index is -0.140. The zero-order chi connectivity index (χ0) is 14.2. The van der Waals surface area contributed by atoms with Crippen molar-refractivity contribution < 1.29 is 4.39 Å². The van der Waals surface area contributed by atoms with Gasteiger partial charge in [0.25, 0.3) is 0 Å². The lowest BCUT2D eigenvalue weighted by Crippen LogP contribution is -2.38. The Morgan fingerprint density at radius 1 is 1.21 bits per heavy atom. The van der Waals surface area contributed by atoms with Crippen molar-refractivity contribution in [2.45, 2.75) is 57.7 Å². The number of halogens is 2. The summed E-state index contributed by atoms with van der Waals surface area (Å²) in [5, 5.41) is 0.197. The van der Waals surface area contributed by atoms with E-state index in [1.807, 2.05) is 6.92 Å². The van der Waals surface area contributed by atoms with Gasteiger partial charge < -0.3 is 0 Å². The van der Waals surface area contributed by atoms with Gasteiger partial charge in [0.2, 0.25) is 0 Å². The molecule has 2 heteroatoms. The Bertz CT molecular complexity index is 432. The molecule has 0 radical (unpaired) electrons. The maximum absolute atomic E-state index is 13.7. The van der Waals surface area contributed by atoms with Crippen LogP contribution in [-0.2, 0) is 5.41 Å². The summed E-state index contributed by atoms with van der Waals surface area (Å²) in [7, 11) is 0. The summed E-state index contributed by atoms with van der Waals surface area (Å²) < 4.78 is 13.7. The van der Waals surface area contributed by atoms with Crippen LogP contribution in [0.2, 0.25) is 0 Å². The molecule has 3 unspecified atom stereocenters. The molecule has 1 aromatic rings. The highest BCUT2D eigenvalue weighted by Crippen LogP contribution is 2.44. The van der Waals surface area contributed by atoms with Crippen molar-refractivity contribution in [3.63, 3.8) is 0 Å². The van der Waals surface area contributed by atoms with Crippen molar-refractivity contribution in [1.82, 2.24) is 0 Å². The van der Waals surface area contributed by atoms with Gasteiger partial charge in [0, 0.05) is 5.38 Å². The molecule has 0 bridgehead atoms. The molecule has 1 saturated carbocycles. The first kappa shape index (κ1) is 14.8. The Kier molecular flexibility index (Phi) is 4.25. The first-order valence-corrected chi connectivity index (χ1v) is 7.66. The second-order valence-electron chi connectivity index (χ2n) is 6.78. The predicted octanol–water partition coefficient (Wildman–Crippen LogP) is 5.46. The molecule has 1 fully saturated rings. The zero-order valence-electron chi connectivity index (χ0n) is 12.3. The van der Waals surface area contributed by atoms with E-state index in [0.29, 0.717) is 11.8 Å². The molecule has 0 nitrogen and oxygen atoms in total. The van der Waals surface area contributed by atoms with Crippen LogP contribution in [0.15, 0.2) is 18.2 Å². The summed E-state index contributed by atoms with van der Waals surface area (Å²) in [5.74, 6) is 0.994. The van der Waals surface area contributed by atoms with Crippen molar-refractivity contribution in [1.29, 1.82) is 0 Å². The third-order valence-electron chi connectivity index (χ3n) is 4.75. The fourth-order valence-electron chi connectivity index (χ4n) is 3.45. The van der Waals surface area contributed by atoms with E-state index in [9.17, 15) is 4.39 Å². The van der Waals surface area contributed by atoms with Gasteiger partial charge in [-0.05, 0) is 60.3 Å². The van der Waals surface area contributed by atoms with Crippen LogP contribution >= 0.6 is 11.6 Å². The van der Waals surface area contributed by atoms with Crippen molar-refractivity contribution in [2.24, 2.45) is 11.8 Å². The van der Waals surface area contributed by atoms with Crippen LogP contribution in [0.1, 0.15) is 51.2 Å². The SMILES string of the molecule is Cc1cc(F)cc(C(C)(C)C2CCC(C)CC2Cl)c1. The molecular weight excluding hydrogens is 259 g/mol. The summed E-state index contributed by atoms with van der Waals surface area (Å²) in [6.07, 6.45) is 3.44. The summed E-state index contributed by atoms with van der Waals surface area (Å²) in [4.78, 5) is 0. The van der Waals surface area contributed by atoms with Gasteiger partial charge in [0.1, 0.15) is 5.82 Å². The largest absolute Gasteiger partial charge is 0.207 e. The average Bonchev–Trinajstić information content (AvgIpc) is 2.26. The monoisotopic (exact) mass is 282 g/mol. The first-order chi connectivity index (χ1) is 8.80. The maximum Gasteiger partial charge on any atom is 0.123 e. The third-order valence-corrected chi connectivity index (χ3v) is 5.23. The fraction of sp³-hybridized carbons (Fsp3) is 0.647. The molecule has 3 atom stereocenters. The van der Waals surface area contributed by atoms with Gasteiger partial charge in [-0.15, -0.1) is 11.6 Å². The smallest absolute Gasteiger partial charge is 0.123 e. The molecular formula is C17H24ClF. The molecule has 106 valence electrons. The van der Waals surface area contributed by atoms with Crippen molar-refractivity contribution in [2.75, 3.05) is 0 Å². The number of benzene rings is 1. The molecule has 0 N–H and O–H groups in total. The van der Waals surface area contributed by atoms with Gasteiger partial charge in [-0.1, -0.05) is 33.3 Å². The van der Waals surface area contributed by atoms with E-state index in [1.165, 1.54) is 6.42 Å². The number of alkyl halides is 1. The number of hydrogen-bond donors (Lipinski definition) is 0. The van der Waals surface area contributed by atoms with Crippen LogP contribution in [0.3, 0.4) is 0 Å². The molecule has 0 aromatic heterocycles. The Labute approximate surface area is 121 Å².